The maximum Gasteiger partial charge on any atom is 0.129 e. The highest BCUT2D eigenvalue weighted by Crippen LogP contribution is 2.12. The monoisotopic (exact) mass is 236 g/mol. The van der Waals surface area contributed by atoms with Gasteiger partial charge in [0.05, 0.1) is 0 Å². The van der Waals surface area contributed by atoms with E-state index in [0.717, 1.165) is 30.9 Å². The van der Waals surface area contributed by atoms with E-state index in [1.165, 1.54) is 0 Å². The van der Waals surface area contributed by atoms with Crippen LogP contribution in [0.25, 0.3) is 0 Å². The Hall–Kier alpha value is -1.16. The summed E-state index contributed by atoms with van der Waals surface area (Å²) in [6, 6.07) is 2.04. The number of nitrogens with zero attached hydrogens (tertiary/aromatic N) is 3. The van der Waals surface area contributed by atoms with Gasteiger partial charge in [0, 0.05) is 23.8 Å². The molecule has 0 saturated heterocycles. The molecule has 1 heterocycles. The zero-order valence-electron chi connectivity index (χ0n) is 11.6. The summed E-state index contributed by atoms with van der Waals surface area (Å²) in [5, 5.41) is 3.37. The molecule has 0 aliphatic rings. The summed E-state index contributed by atoms with van der Waals surface area (Å²) in [5.41, 5.74) is 1.21. The van der Waals surface area contributed by atoms with Crippen LogP contribution in [0.5, 0.6) is 0 Å². The third-order valence-electron chi connectivity index (χ3n) is 3.14. The molecule has 4 heteroatoms. The molecule has 1 aromatic heterocycles. The maximum atomic E-state index is 4.25. The first kappa shape index (κ1) is 13.9. The van der Waals surface area contributed by atoms with Crippen LogP contribution in [-0.2, 0) is 6.42 Å². The average molecular weight is 236 g/mol. The van der Waals surface area contributed by atoms with E-state index in [4.69, 9.17) is 0 Å². The smallest absolute Gasteiger partial charge is 0.129 e. The van der Waals surface area contributed by atoms with Crippen molar-refractivity contribution in [2.75, 3.05) is 26.0 Å². The van der Waals surface area contributed by atoms with Crippen LogP contribution >= 0.6 is 0 Å². The highest BCUT2D eigenvalue weighted by atomic mass is 15.2. The summed E-state index contributed by atoms with van der Waals surface area (Å²) in [5.74, 6) is 0.915. The molecule has 17 heavy (non-hydrogen) atoms. The minimum atomic E-state index is 0.107. The number of anilines is 1. The lowest BCUT2D eigenvalue weighted by Gasteiger charge is -2.32. The minimum Gasteiger partial charge on any atom is -0.368 e. The van der Waals surface area contributed by atoms with E-state index >= 15 is 0 Å². The van der Waals surface area contributed by atoms with Gasteiger partial charge in [-0.15, -0.1) is 0 Å². The lowest BCUT2D eigenvalue weighted by atomic mass is 10.0. The van der Waals surface area contributed by atoms with Crippen LogP contribution in [0.2, 0.25) is 0 Å². The SMILES string of the molecule is CCCc1cc(NCC(C)(C)N(C)C)ncn1. The van der Waals surface area contributed by atoms with Gasteiger partial charge in [-0.25, -0.2) is 9.97 Å². The summed E-state index contributed by atoms with van der Waals surface area (Å²) in [6.45, 7) is 7.43. The van der Waals surface area contributed by atoms with Gasteiger partial charge in [-0.1, -0.05) is 13.3 Å². The zero-order chi connectivity index (χ0) is 12.9. The van der Waals surface area contributed by atoms with Crippen molar-refractivity contribution in [1.29, 1.82) is 0 Å². The van der Waals surface area contributed by atoms with Crippen LogP contribution in [0.3, 0.4) is 0 Å². The van der Waals surface area contributed by atoms with Crippen molar-refractivity contribution in [2.24, 2.45) is 0 Å². The lowest BCUT2D eigenvalue weighted by molar-refractivity contribution is 0.210. The number of nitrogens with one attached hydrogen (secondary N) is 1. The van der Waals surface area contributed by atoms with E-state index in [1.807, 2.05) is 6.07 Å². The van der Waals surface area contributed by atoms with E-state index in [0.29, 0.717) is 0 Å². The maximum absolute atomic E-state index is 4.25. The molecule has 0 bridgehead atoms. The van der Waals surface area contributed by atoms with E-state index < -0.39 is 0 Å². The Morgan fingerprint density at radius 1 is 1.29 bits per heavy atom. The van der Waals surface area contributed by atoms with Gasteiger partial charge >= 0.3 is 0 Å². The number of hydrogen-bond donors (Lipinski definition) is 1. The molecule has 0 amide bonds. The number of aromatic nitrogens is 2. The Bertz CT molecular complexity index is 347. The molecule has 0 radical (unpaired) electrons. The van der Waals surface area contributed by atoms with Crippen LogP contribution in [0, 0.1) is 0 Å². The van der Waals surface area contributed by atoms with Gasteiger partial charge in [0.2, 0.25) is 0 Å². The molecule has 0 saturated carbocycles. The molecule has 0 aliphatic carbocycles. The van der Waals surface area contributed by atoms with Crippen molar-refractivity contribution < 1.29 is 0 Å². The Morgan fingerprint density at radius 2 is 2.00 bits per heavy atom. The molecule has 1 rings (SSSR count). The van der Waals surface area contributed by atoms with Crippen molar-refractivity contribution >= 4 is 5.82 Å². The molecule has 0 unspecified atom stereocenters. The van der Waals surface area contributed by atoms with Crippen LogP contribution < -0.4 is 5.32 Å². The summed E-state index contributed by atoms with van der Waals surface area (Å²) < 4.78 is 0. The highest BCUT2D eigenvalue weighted by molar-refractivity contribution is 5.35. The van der Waals surface area contributed by atoms with Crippen LogP contribution in [-0.4, -0.2) is 41.0 Å². The van der Waals surface area contributed by atoms with Gasteiger partial charge in [0.1, 0.15) is 12.1 Å². The van der Waals surface area contributed by atoms with Crippen LogP contribution in [0.15, 0.2) is 12.4 Å². The Morgan fingerprint density at radius 3 is 2.59 bits per heavy atom. The number of aryl methyl sites for hydroxylation is 1. The molecular weight excluding hydrogens is 212 g/mol. The van der Waals surface area contributed by atoms with Crippen molar-refractivity contribution in [1.82, 2.24) is 14.9 Å². The molecule has 0 aromatic carbocycles. The third kappa shape index (κ3) is 4.30. The highest BCUT2D eigenvalue weighted by Gasteiger charge is 2.19. The quantitative estimate of drug-likeness (QED) is 0.822. The zero-order valence-corrected chi connectivity index (χ0v) is 11.6. The fourth-order valence-electron chi connectivity index (χ4n) is 1.35. The topological polar surface area (TPSA) is 41.0 Å². The first-order chi connectivity index (χ1) is 7.95. The average Bonchev–Trinajstić information content (AvgIpc) is 2.27. The van der Waals surface area contributed by atoms with Gasteiger partial charge in [-0.2, -0.15) is 0 Å². The van der Waals surface area contributed by atoms with Crippen molar-refractivity contribution in [2.45, 2.75) is 39.2 Å². The van der Waals surface area contributed by atoms with Gasteiger partial charge in [-0.3, -0.25) is 0 Å². The normalized spacial score (nSPS) is 11.9. The largest absolute Gasteiger partial charge is 0.368 e. The summed E-state index contributed by atoms with van der Waals surface area (Å²) >= 11 is 0. The fourth-order valence-corrected chi connectivity index (χ4v) is 1.35. The van der Waals surface area contributed by atoms with Gasteiger partial charge in [-0.05, 0) is 34.4 Å². The van der Waals surface area contributed by atoms with Crippen molar-refractivity contribution in [3.05, 3.63) is 18.1 Å². The number of rotatable bonds is 6. The second kappa shape index (κ2) is 5.96. The first-order valence-corrected chi connectivity index (χ1v) is 6.18. The molecule has 0 aliphatic heterocycles. The predicted molar refractivity (Wildman–Crippen MR) is 72.3 cm³/mol. The van der Waals surface area contributed by atoms with Crippen molar-refractivity contribution in [3.8, 4) is 0 Å². The minimum absolute atomic E-state index is 0.107. The Balaban J connectivity index is 2.60. The lowest BCUT2D eigenvalue weighted by Crippen LogP contribution is -2.44. The second-order valence-electron chi connectivity index (χ2n) is 5.20. The molecule has 96 valence electrons. The van der Waals surface area contributed by atoms with E-state index in [1.54, 1.807) is 6.33 Å². The Labute approximate surface area is 104 Å². The van der Waals surface area contributed by atoms with Crippen molar-refractivity contribution in [3.63, 3.8) is 0 Å². The number of likely N-dealkylation sites (N-methyl/N-ethyl adjacent to an activating group) is 1. The number of hydrogen-bond acceptors (Lipinski definition) is 4. The molecule has 0 atom stereocenters. The predicted octanol–water partition coefficient (Wildman–Crippen LogP) is 2.18. The van der Waals surface area contributed by atoms with Crippen LogP contribution in [0.1, 0.15) is 32.9 Å². The molecule has 1 aromatic rings. The third-order valence-corrected chi connectivity index (χ3v) is 3.14. The Kier molecular flexibility index (Phi) is 4.87. The summed E-state index contributed by atoms with van der Waals surface area (Å²) in [7, 11) is 4.17. The van der Waals surface area contributed by atoms with E-state index in [-0.39, 0.29) is 5.54 Å². The summed E-state index contributed by atoms with van der Waals surface area (Å²) in [6.07, 6.45) is 3.75. The van der Waals surface area contributed by atoms with E-state index in [9.17, 15) is 0 Å². The van der Waals surface area contributed by atoms with Gasteiger partial charge < -0.3 is 10.2 Å². The van der Waals surface area contributed by atoms with Crippen LogP contribution in [0.4, 0.5) is 5.82 Å². The fraction of sp³-hybridized carbons (Fsp3) is 0.692. The second-order valence-corrected chi connectivity index (χ2v) is 5.20. The molecule has 4 nitrogen and oxygen atoms in total. The molecule has 0 spiro atoms. The van der Waals surface area contributed by atoms with E-state index in [2.05, 4.69) is 55.1 Å². The summed E-state index contributed by atoms with van der Waals surface area (Å²) in [4.78, 5) is 10.7. The van der Waals surface area contributed by atoms with Gasteiger partial charge in [0.25, 0.3) is 0 Å². The molecular formula is C13H24N4. The molecule has 0 fully saturated rings. The standard InChI is InChI=1S/C13H24N4/c1-6-7-11-8-12(16-10-15-11)14-9-13(2,3)17(4)5/h8,10H,6-7,9H2,1-5H3,(H,14,15,16). The molecule has 1 N–H and O–H groups in total. The van der Waals surface area contributed by atoms with Gasteiger partial charge in [0.15, 0.2) is 0 Å². The first-order valence-electron chi connectivity index (χ1n) is 6.18.